The van der Waals surface area contributed by atoms with E-state index in [2.05, 4.69) is 15.7 Å². The van der Waals surface area contributed by atoms with Crippen molar-refractivity contribution in [3.63, 3.8) is 0 Å². The number of rotatable bonds is 7. The van der Waals surface area contributed by atoms with Crippen LogP contribution in [0.3, 0.4) is 0 Å². The maximum absolute atomic E-state index is 12.1. The van der Waals surface area contributed by atoms with Crippen molar-refractivity contribution in [1.29, 1.82) is 0 Å². The first-order valence-corrected chi connectivity index (χ1v) is 6.63. The van der Waals surface area contributed by atoms with Crippen LogP contribution in [0.2, 0.25) is 0 Å². The van der Waals surface area contributed by atoms with Crippen LogP contribution in [0.25, 0.3) is 10.9 Å². The van der Waals surface area contributed by atoms with Gasteiger partial charge in [-0.1, -0.05) is 18.2 Å². The molecule has 0 atom stereocenters. The predicted octanol–water partition coefficient (Wildman–Crippen LogP) is 0.539. The minimum absolute atomic E-state index is 0.143. The lowest BCUT2D eigenvalue weighted by molar-refractivity contribution is 0.0949. The lowest BCUT2D eigenvalue weighted by Crippen LogP contribution is -2.33. The molecule has 20 heavy (non-hydrogen) atoms. The molecular weight excluding hydrogens is 256 g/mol. The zero-order valence-corrected chi connectivity index (χ0v) is 11.8. The molecule has 0 fully saturated rings. The number of amides is 1. The van der Waals surface area contributed by atoms with Crippen LogP contribution in [0.5, 0.6) is 0 Å². The molecule has 6 heteroatoms. The fourth-order valence-electron chi connectivity index (χ4n) is 2.03. The van der Waals surface area contributed by atoms with E-state index in [9.17, 15) is 4.79 Å². The first-order valence-electron chi connectivity index (χ1n) is 6.63. The quantitative estimate of drug-likeness (QED) is 0.724. The minimum atomic E-state index is -0.143. The van der Waals surface area contributed by atoms with Gasteiger partial charge in [0.1, 0.15) is 0 Å². The van der Waals surface area contributed by atoms with Crippen molar-refractivity contribution in [1.82, 2.24) is 20.4 Å². The standard InChI is InChI=1S/C14H20N4O2/c1-18-12-6-4-3-5-11(12)13(17-18)14(19)16-8-7-15-9-10-20-2/h3-6,15H,7-10H2,1-2H3,(H,16,19). The summed E-state index contributed by atoms with van der Waals surface area (Å²) in [7, 11) is 3.50. The molecule has 2 N–H and O–H groups in total. The van der Waals surface area contributed by atoms with Gasteiger partial charge in [0, 0.05) is 39.2 Å². The van der Waals surface area contributed by atoms with E-state index >= 15 is 0 Å². The van der Waals surface area contributed by atoms with Gasteiger partial charge >= 0.3 is 0 Å². The molecule has 1 aromatic heterocycles. The molecule has 0 radical (unpaired) electrons. The topological polar surface area (TPSA) is 68.2 Å². The normalized spacial score (nSPS) is 10.9. The van der Waals surface area contributed by atoms with Crippen LogP contribution >= 0.6 is 0 Å². The molecule has 1 heterocycles. The van der Waals surface area contributed by atoms with Crippen LogP contribution in [-0.2, 0) is 11.8 Å². The maximum atomic E-state index is 12.1. The van der Waals surface area contributed by atoms with Crippen LogP contribution in [0.1, 0.15) is 10.5 Å². The Bertz CT molecular complexity index is 580. The lowest BCUT2D eigenvalue weighted by atomic mass is 10.2. The third kappa shape index (κ3) is 3.34. The number of para-hydroxylation sites is 1. The van der Waals surface area contributed by atoms with Gasteiger partial charge in [0.2, 0.25) is 0 Å². The summed E-state index contributed by atoms with van der Waals surface area (Å²) in [6.07, 6.45) is 0. The highest BCUT2D eigenvalue weighted by molar-refractivity contribution is 6.04. The average Bonchev–Trinajstić information content (AvgIpc) is 2.80. The van der Waals surface area contributed by atoms with Crippen molar-refractivity contribution in [2.24, 2.45) is 7.05 Å². The molecule has 0 unspecified atom stereocenters. The number of aryl methyl sites for hydroxylation is 1. The molecule has 0 aliphatic heterocycles. The number of fused-ring (bicyclic) bond motifs is 1. The summed E-state index contributed by atoms with van der Waals surface area (Å²) in [5.41, 5.74) is 1.43. The molecule has 6 nitrogen and oxygen atoms in total. The van der Waals surface area contributed by atoms with Gasteiger partial charge in [0.05, 0.1) is 12.1 Å². The van der Waals surface area contributed by atoms with Crippen molar-refractivity contribution < 1.29 is 9.53 Å². The second kappa shape index (κ2) is 7.02. The second-order valence-corrected chi connectivity index (χ2v) is 4.49. The van der Waals surface area contributed by atoms with Crippen LogP contribution in [0, 0.1) is 0 Å². The molecule has 1 aromatic carbocycles. The number of carbonyl (C=O) groups is 1. The Morgan fingerprint density at radius 2 is 2.10 bits per heavy atom. The number of nitrogens with one attached hydrogen (secondary N) is 2. The van der Waals surface area contributed by atoms with Crippen molar-refractivity contribution in [3.05, 3.63) is 30.0 Å². The predicted molar refractivity (Wildman–Crippen MR) is 77.8 cm³/mol. The largest absolute Gasteiger partial charge is 0.383 e. The molecule has 1 amide bonds. The first-order chi connectivity index (χ1) is 9.74. The number of ether oxygens (including phenoxy) is 1. The maximum Gasteiger partial charge on any atom is 0.272 e. The number of nitrogens with zero attached hydrogens (tertiary/aromatic N) is 2. The third-order valence-corrected chi connectivity index (χ3v) is 3.04. The molecule has 0 aliphatic rings. The van der Waals surface area contributed by atoms with Gasteiger partial charge in [-0.25, -0.2) is 0 Å². The monoisotopic (exact) mass is 276 g/mol. The highest BCUT2D eigenvalue weighted by Crippen LogP contribution is 2.16. The summed E-state index contributed by atoms with van der Waals surface area (Å²) in [6.45, 7) is 2.71. The van der Waals surface area contributed by atoms with Gasteiger partial charge in [-0.15, -0.1) is 0 Å². The molecule has 2 rings (SSSR count). The summed E-state index contributed by atoms with van der Waals surface area (Å²) >= 11 is 0. The first kappa shape index (κ1) is 14.5. The smallest absolute Gasteiger partial charge is 0.272 e. The molecule has 0 saturated carbocycles. The lowest BCUT2D eigenvalue weighted by Gasteiger charge is -2.05. The SMILES string of the molecule is COCCNCCNC(=O)c1nn(C)c2ccccc12. The van der Waals surface area contributed by atoms with Gasteiger partial charge in [-0.3, -0.25) is 9.48 Å². The Labute approximate surface area is 118 Å². The molecule has 0 spiro atoms. The van der Waals surface area contributed by atoms with E-state index in [0.29, 0.717) is 25.4 Å². The molecule has 2 aromatic rings. The van der Waals surface area contributed by atoms with E-state index in [-0.39, 0.29) is 5.91 Å². The van der Waals surface area contributed by atoms with Crippen LogP contribution in [-0.4, -0.2) is 49.0 Å². The van der Waals surface area contributed by atoms with E-state index in [1.54, 1.807) is 11.8 Å². The van der Waals surface area contributed by atoms with E-state index in [0.717, 1.165) is 17.4 Å². The van der Waals surface area contributed by atoms with Crippen molar-refractivity contribution in [3.8, 4) is 0 Å². The number of aromatic nitrogens is 2. The Balaban J connectivity index is 1.91. The van der Waals surface area contributed by atoms with Gasteiger partial charge in [-0.05, 0) is 6.07 Å². The number of carbonyl (C=O) groups excluding carboxylic acids is 1. The Morgan fingerprint density at radius 1 is 1.30 bits per heavy atom. The van der Waals surface area contributed by atoms with E-state index < -0.39 is 0 Å². The van der Waals surface area contributed by atoms with Crippen LogP contribution in [0.4, 0.5) is 0 Å². The van der Waals surface area contributed by atoms with Gasteiger partial charge < -0.3 is 15.4 Å². The van der Waals surface area contributed by atoms with Crippen molar-refractivity contribution in [2.45, 2.75) is 0 Å². The Morgan fingerprint density at radius 3 is 2.90 bits per heavy atom. The van der Waals surface area contributed by atoms with Crippen molar-refractivity contribution in [2.75, 3.05) is 33.4 Å². The summed E-state index contributed by atoms with van der Waals surface area (Å²) in [5, 5.41) is 11.2. The van der Waals surface area contributed by atoms with Gasteiger partial charge in [0.15, 0.2) is 5.69 Å². The molecule has 0 saturated heterocycles. The number of hydrogen-bond acceptors (Lipinski definition) is 4. The number of benzene rings is 1. The summed E-state index contributed by atoms with van der Waals surface area (Å²) in [6, 6.07) is 7.71. The molecule has 0 aliphatic carbocycles. The highest BCUT2D eigenvalue weighted by atomic mass is 16.5. The zero-order chi connectivity index (χ0) is 14.4. The summed E-state index contributed by atoms with van der Waals surface area (Å²) < 4.78 is 6.65. The third-order valence-electron chi connectivity index (χ3n) is 3.04. The fraction of sp³-hybridized carbons (Fsp3) is 0.429. The molecular formula is C14H20N4O2. The average molecular weight is 276 g/mol. The summed E-state index contributed by atoms with van der Waals surface area (Å²) in [5.74, 6) is -0.143. The van der Waals surface area contributed by atoms with Crippen LogP contribution < -0.4 is 10.6 Å². The van der Waals surface area contributed by atoms with E-state index in [1.807, 2.05) is 31.3 Å². The number of methoxy groups -OCH3 is 1. The minimum Gasteiger partial charge on any atom is -0.383 e. The fourth-order valence-corrected chi connectivity index (χ4v) is 2.03. The van der Waals surface area contributed by atoms with Crippen LogP contribution in [0.15, 0.2) is 24.3 Å². The molecule has 108 valence electrons. The summed E-state index contributed by atoms with van der Waals surface area (Å²) in [4.78, 5) is 12.1. The van der Waals surface area contributed by atoms with Crippen molar-refractivity contribution >= 4 is 16.8 Å². The zero-order valence-electron chi connectivity index (χ0n) is 11.8. The number of hydrogen-bond donors (Lipinski definition) is 2. The Kier molecular flexibility index (Phi) is 5.09. The van der Waals surface area contributed by atoms with Gasteiger partial charge in [0.25, 0.3) is 5.91 Å². The molecule has 0 bridgehead atoms. The van der Waals surface area contributed by atoms with Gasteiger partial charge in [-0.2, -0.15) is 5.10 Å². The second-order valence-electron chi connectivity index (χ2n) is 4.49. The van der Waals surface area contributed by atoms with E-state index in [4.69, 9.17) is 4.74 Å². The highest BCUT2D eigenvalue weighted by Gasteiger charge is 2.14. The Hall–Kier alpha value is -1.92. The van der Waals surface area contributed by atoms with E-state index in [1.165, 1.54) is 0 Å².